The second-order valence-electron chi connectivity index (χ2n) is 5.70. The molecule has 0 radical (unpaired) electrons. The minimum atomic E-state index is 0.0236. The number of carbonyl (C=O) groups excluding carboxylic acids is 1. The third-order valence-electron chi connectivity index (χ3n) is 2.58. The van der Waals surface area contributed by atoms with E-state index in [1.165, 1.54) is 0 Å². The molecule has 94 valence electrons. The fourth-order valence-corrected chi connectivity index (χ4v) is 1.50. The largest absolute Gasteiger partial charge is 0.397 e. The average molecular weight is 234 g/mol. The van der Waals surface area contributed by atoms with Gasteiger partial charge in [0.1, 0.15) is 0 Å². The number of amides is 1. The van der Waals surface area contributed by atoms with Crippen molar-refractivity contribution in [1.29, 1.82) is 0 Å². The summed E-state index contributed by atoms with van der Waals surface area (Å²) >= 11 is 0. The van der Waals surface area contributed by atoms with Crippen LogP contribution in [-0.4, -0.2) is 5.91 Å². The lowest BCUT2D eigenvalue weighted by Crippen LogP contribution is -2.16. The normalized spacial score (nSPS) is 11.3. The van der Waals surface area contributed by atoms with E-state index in [0.717, 1.165) is 12.0 Å². The molecular formula is C14H22N2O. The smallest absolute Gasteiger partial charge is 0.224 e. The van der Waals surface area contributed by atoms with E-state index in [1.54, 1.807) is 0 Å². The first-order chi connectivity index (χ1) is 7.78. The molecule has 0 aliphatic rings. The Labute approximate surface area is 103 Å². The number of rotatable bonds is 3. The van der Waals surface area contributed by atoms with Crippen molar-refractivity contribution in [2.24, 2.45) is 5.41 Å². The fourth-order valence-electron chi connectivity index (χ4n) is 1.50. The van der Waals surface area contributed by atoms with E-state index in [0.29, 0.717) is 17.8 Å². The molecule has 1 rings (SSSR count). The second kappa shape index (κ2) is 5.21. The first-order valence-electron chi connectivity index (χ1n) is 5.94. The van der Waals surface area contributed by atoms with Crippen LogP contribution in [0.5, 0.6) is 0 Å². The van der Waals surface area contributed by atoms with Crippen molar-refractivity contribution in [3.8, 4) is 0 Å². The zero-order chi connectivity index (χ0) is 13.1. The zero-order valence-electron chi connectivity index (χ0n) is 11.1. The Morgan fingerprint density at radius 2 is 2.00 bits per heavy atom. The molecule has 1 aromatic rings. The predicted molar refractivity (Wildman–Crippen MR) is 72.9 cm³/mol. The summed E-state index contributed by atoms with van der Waals surface area (Å²) in [5.41, 5.74) is 8.43. The monoisotopic (exact) mass is 234 g/mol. The lowest BCUT2D eigenvalue weighted by molar-refractivity contribution is -0.116. The van der Waals surface area contributed by atoms with Crippen molar-refractivity contribution in [3.05, 3.63) is 23.8 Å². The van der Waals surface area contributed by atoms with Gasteiger partial charge < -0.3 is 11.1 Å². The highest BCUT2D eigenvalue weighted by atomic mass is 16.1. The molecule has 0 saturated carbocycles. The van der Waals surface area contributed by atoms with Gasteiger partial charge in [-0.25, -0.2) is 0 Å². The first-order valence-corrected chi connectivity index (χ1v) is 5.94. The molecule has 17 heavy (non-hydrogen) atoms. The van der Waals surface area contributed by atoms with Gasteiger partial charge >= 0.3 is 0 Å². The number of hydrogen-bond acceptors (Lipinski definition) is 2. The lowest BCUT2D eigenvalue weighted by atomic mass is 9.90. The van der Waals surface area contributed by atoms with Gasteiger partial charge in [0.05, 0.1) is 11.4 Å². The number of carbonyl (C=O) groups is 1. The van der Waals surface area contributed by atoms with Crippen LogP contribution < -0.4 is 11.1 Å². The number of aryl methyl sites for hydroxylation is 1. The molecule has 0 atom stereocenters. The Hall–Kier alpha value is -1.51. The predicted octanol–water partition coefficient (Wildman–Crippen LogP) is 3.34. The maximum absolute atomic E-state index is 11.7. The van der Waals surface area contributed by atoms with Crippen LogP contribution in [0.25, 0.3) is 0 Å². The van der Waals surface area contributed by atoms with E-state index in [1.807, 2.05) is 25.1 Å². The molecule has 3 heteroatoms. The highest BCUT2D eigenvalue weighted by Crippen LogP contribution is 2.23. The molecule has 1 aromatic carbocycles. The molecule has 0 aliphatic heterocycles. The molecule has 0 saturated heterocycles. The molecule has 0 bridgehead atoms. The summed E-state index contributed by atoms with van der Waals surface area (Å²) in [4.78, 5) is 11.7. The van der Waals surface area contributed by atoms with E-state index in [-0.39, 0.29) is 11.3 Å². The molecule has 3 N–H and O–H groups in total. The third kappa shape index (κ3) is 4.89. The summed E-state index contributed by atoms with van der Waals surface area (Å²) in [7, 11) is 0. The standard InChI is InChI=1S/C14H22N2O/c1-10-5-6-12(11(15)9-10)16-13(17)7-8-14(2,3)4/h5-6,9H,7-8,15H2,1-4H3,(H,16,17). The topological polar surface area (TPSA) is 55.1 Å². The quantitative estimate of drug-likeness (QED) is 0.788. The SMILES string of the molecule is Cc1ccc(NC(=O)CCC(C)(C)C)c(N)c1. The number of hydrogen-bond donors (Lipinski definition) is 2. The van der Waals surface area contributed by atoms with Gasteiger partial charge in [-0.05, 0) is 36.5 Å². The minimum Gasteiger partial charge on any atom is -0.397 e. The highest BCUT2D eigenvalue weighted by molar-refractivity contribution is 5.93. The molecular weight excluding hydrogens is 212 g/mol. The Morgan fingerprint density at radius 1 is 1.35 bits per heavy atom. The van der Waals surface area contributed by atoms with Crippen molar-refractivity contribution in [2.75, 3.05) is 11.1 Å². The molecule has 0 heterocycles. The van der Waals surface area contributed by atoms with Crippen LogP contribution in [-0.2, 0) is 4.79 Å². The summed E-state index contributed by atoms with van der Waals surface area (Å²) in [6.07, 6.45) is 1.39. The average Bonchev–Trinajstić information content (AvgIpc) is 2.18. The molecule has 0 unspecified atom stereocenters. The molecule has 0 fully saturated rings. The van der Waals surface area contributed by atoms with E-state index in [4.69, 9.17) is 5.73 Å². The van der Waals surface area contributed by atoms with Gasteiger partial charge in [-0.2, -0.15) is 0 Å². The molecule has 0 aromatic heterocycles. The number of benzene rings is 1. The third-order valence-corrected chi connectivity index (χ3v) is 2.58. The molecule has 0 aliphatic carbocycles. The lowest BCUT2D eigenvalue weighted by Gasteiger charge is -2.17. The number of nitrogens with two attached hydrogens (primary N) is 1. The summed E-state index contributed by atoms with van der Waals surface area (Å²) in [5.74, 6) is 0.0236. The van der Waals surface area contributed by atoms with Crippen molar-refractivity contribution in [2.45, 2.75) is 40.5 Å². The Kier molecular flexibility index (Phi) is 4.16. The van der Waals surface area contributed by atoms with Gasteiger partial charge in [0.2, 0.25) is 5.91 Å². The zero-order valence-corrected chi connectivity index (χ0v) is 11.1. The van der Waals surface area contributed by atoms with Gasteiger partial charge in [0.25, 0.3) is 0 Å². The number of nitrogen functional groups attached to an aromatic ring is 1. The van der Waals surface area contributed by atoms with Crippen molar-refractivity contribution >= 4 is 17.3 Å². The van der Waals surface area contributed by atoms with Crippen LogP contribution >= 0.6 is 0 Å². The summed E-state index contributed by atoms with van der Waals surface area (Å²) in [6, 6.07) is 5.65. The van der Waals surface area contributed by atoms with E-state index in [9.17, 15) is 4.79 Å². The molecule has 0 spiro atoms. The number of nitrogens with one attached hydrogen (secondary N) is 1. The van der Waals surface area contributed by atoms with E-state index < -0.39 is 0 Å². The van der Waals surface area contributed by atoms with E-state index in [2.05, 4.69) is 26.1 Å². The van der Waals surface area contributed by atoms with Crippen molar-refractivity contribution < 1.29 is 4.79 Å². The van der Waals surface area contributed by atoms with Crippen molar-refractivity contribution in [1.82, 2.24) is 0 Å². The van der Waals surface area contributed by atoms with Gasteiger partial charge in [0, 0.05) is 6.42 Å². The molecule has 1 amide bonds. The van der Waals surface area contributed by atoms with Gasteiger partial charge in [0.15, 0.2) is 0 Å². The van der Waals surface area contributed by atoms with Crippen molar-refractivity contribution in [3.63, 3.8) is 0 Å². The van der Waals surface area contributed by atoms with Gasteiger partial charge in [-0.3, -0.25) is 4.79 Å². The first kappa shape index (κ1) is 13.6. The number of anilines is 2. The van der Waals surface area contributed by atoms with Crippen LogP contribution in [0.2, 0.25) is 0 Å². The van der Waals surface area contributed by atoms with Crippen LogP contribution in [0.1, 0.15) is 39.2 Å². The fraction of sp³-hybridized carbons (Fsp3) is 0.500. The Morgan fingerprint density at radius 3 is 2.53 bits per heavy atom. The van der Waals surface area contributed by atoms with Crippen LogP contribution in [0, 0.1) is 12.3 Å². The van der Waals surface area contributed by atoms with Crippen LogP contribution in [0.4, 0.5) is 11.4 Å². The maximum Gasteiger partial charge on any atom is 0.224 e. The Bertz CT molecular complexity index is 405. The second-order valence-corrected chi connectivity index (χ2v) is 5.70. The summed E-state index contributed by atoms with van der Waals surface area (Å²) in [5, 5.41) is 2.85. The van der Waals surface area contributed by atoms with Gasteiger partial charge in [-0.1, -0.05) is 26.8 Å². The Balaban J connectivity index is 2.57. The molecule has 3 nitrogen and oxygen atoms in total. The highest BCUT2D eigenvalue weighted by Gasteiger charge is 2.13. The minimum absolute atomic E-state index is 0.0236. The summed E-state index contributed by atoms with van der Waals surface area (Å²) < 4.78 is 0. The maximum atomic E-state index is 11.7. The van der Waals surface area contributed by atoms with E-state index >= 15 is 0 Å². The van der Waals surface area contributed by atoms with Crippen LogP contribution in [0.15, 0.2) is 18.2 Å². The van der Waals surface area contributed by atoms with Crippen LogP contribution in [0.3, 0.4) is 0 Å². The summed E-state index contributed by atoms with van der Waals surface area (Å²) in [6.45, 7) is 8.35. The van der Waals surface area contributed by atoms with Gasteiger partial charge in [-0.15, -0.1) is 0 Å².